The van der Waals surface area contributed by atoms with E-state index < -0.39 is 17.8 Å². The molecular formula is C21H21Cl2N3O3. The van der Waals surface area contributed by atoms with Crippen LogP contribution in [-0.4, -0.2) is 26.8 Å². The quantitative estimate of drug-likeness (QED) is 0.687. The minimum absolute atomic E-state index is 0.0290. The summed E-state index contributed by atoms with van der Waals surface area (Å²) < 4.78 is 1.74. The van der Waals surface area contributed by atoms with Gasteiger partial charge in [0.15, 0.2) is 0 Å². The van der Waals surface area contributed by atoms with Crippen molar-refractivity contribution in [3.63, 3.8) is 0 Å². The van der Waals surface area contributed by atoms with Crippen LogP contribution in [0.1, 0.15) is 23.4 Å². The molecule has 152 valence electrons. The molecule has 2 aliphatic rings. The van der Waals surface area contributed by atoms with Gasteiger partial charge in [-0.25, -0.2) is 0 Å². The predicted molar refractivity (Wildman–Crippen MR) is 111 cm³/mol. The summed E-state index contributed by atoms with van der Waals surface area (Å²) in [6.07, 6.45) is 4.61. The molecule has 1 amide bonds. The third kappa shape index (κ3) is 3.45. The lowest BCUT2D eigenvalue weighted by Crippen LogP contribution is -2.36. The molecule has 0 saturated heterocycles. The van der Waals surface area contributed by atoms with Gasteiger partial charge < -0.3 is 10.4 Å². The summed E-state index contributed by atoms with van der Waals surface area (Å²) in [6.45, 7) is 4.04. The van der Waals surface area contributed by atoms with E-state index in [1.165, 1.54) is 0 Å². The fraction of sp³-hybridized carbons (Fsp3) is 0.381. The van der Waals surface area contributed by atoms with Crippen LogP contribution in [0.3, 0.4) is 0 Å². The monoisotopic (exact) mass is 433 g/mol. The number of hydrogen-bond acceptors (Lipinski definition) is 3. The number of nitrogens with one attached hydrogen (secondary N) is 1. The lowest BCUT2D eigenvalue weighted by Gasteiger charge is -2.24. The maximum atomic E-state index is 13.0. The highest BCUT2D eigenvalue weighted by Gasteiger charge is 2.51. The first-order valence-electron chi connectivity index (χ1n) is 9.46. The number of carboxylic acids is 1. The molecule has 2 bridgehead atoms. The second kappa shape index (κ2) is 7.50. The molecule has 6 nitrogen and oxygen atoms in total. The first kappa shape index (κ1) is 20.0. The van der Waals surface area contributed by atoms with Crippen LogP contribution in [0, 0.1) is 37.5 Å². The van der Waals surface area contributed by atoms with Gasteiger partial charge in [-0.05, 0) is 44.2 Å². The highest BCUT2D eigenvalue weighted by Crippen LogP contribution is 2.48. The van der Waals surface area contributed by atoms with Crippen molar-refractivity contribution in [3.05, 3.63) is 57.3 Å². The van der Waals surface area contributed by atoms with Crippen LogP contribution in [0.2, 0.25) is 10.0 Å². The molecule has 1 saturated carbocycles. The van der Waals surface area contributed by atoms with Gasteiger partial charge in [-0.15, -0.1) is 0 Å². The van der Waals surface area contributed by atoms with E-state index in [2.05, 4.69) is 10.4 Å². The van der Waals surface area contributed by atoms with Crippen LogP contribution in [0.25, 0.3) is 0 Å². The highest BCUT2D eigenvalue weighted by atomic mass is 35.5. The minimum Gasteiger partial charge on any atom is -0.481 e. The molecule has 4 atom stereocenters. The molecule has 0 radical (unpaired) electrons. The number of aromatic nitrogens is 2. The third-order valence-electron chi connectivity index (χ3n) is 6.05. The fourth-order valence-electron chi connectivity index (χ4n) is 4.59. The lowest BCUT2D eigenvalue weighted by atomic mass is 9.82. The average molecular weight is 434 g/mol. The first-order chi connectivity index (χ1) is 13.8. The standard InChI is InChI=1S/C21H21Cl2N3O3/c1-10-19(11(2)26(25-10)9-14-15(22)4-3-5-16(14)23)24-20(27)17-12-6-7-13(8-12)18(17)21(28)29/h3-7,12-13,17-18H,8-9H2,1-2H3,(H,24,27)(H,28,29)/t12-,13+,17+,18+/m1/s1. The number of hydrogen-bond donors (Lipinski definition) is 2. The zero-order valence-corrected chi connectivity index (χ0v) is 17.5. The maximum Gasteiger partial charge on any atom is 0.307 e. The number of carbonyl (C=O) groups is 2. The molecule has 0 unspecified atom stereocenters. The zero-order valence-electron chi connectivity index (χ0n) is 16.0. The fourth-order valence-corrected chi connectivity index (χ4v) is 5.10. The van der Waals surface area contributed by atoms with Crippen molar-refractivity contribution in [3.8, 4) is 0 Å². The van der Waals surface area contributed by atoms with Gasteiger partial charge in [0.2, 0.25) is 5.91 Å². The molecule has 1 aromatic heterocycles. The average Bonchev–Trinajstić information content (AvgIpc) is 3.34. The van der Waals surface area contributed by atoms with E-state index in [-0.39, 0.29) is 17.7 Å². The number of carbonyl (C=O) groups excluding carboxylic acids is 1. The smallest absolute Gasteiger partial charge is 0.307 e. The second-order valence-corrected chi connectivity index (χ2v) is 8.55. The predicted octanol–water partition coefficient (Wildman–Crippen LogP) is 4.32. The summed E-state index contributed by atoms with van der Waals surface area (Å²) in [5.41, 5.74) is 2.78. The number of benzene rings is 1. The summed E-state index contributed by atoms with van der Waals surface area (Å²) in [5, 5.41) is 18.2. The molecule has 0 aliphatic heterocycles. The van der Waals surface area contributed by atoms with Crippen LogP contribution in [0.4, 0.5) is 5.69 Å². The van der Waals surface area contributed by atoms with Gasteiger partial charge in [0.25, 0.3) is 0 Å². The molecule has 8 heteroatoms. The van der Waals surface area contributed by atoms with Crippen molar-refractivity contribution >= 4 is 40.8 Å². The Balaban J connectivity index is 1.58. The maximum absolute atomic E-state index is 13.0. The molecule has 2 aliphatic carbocycles. The van der Waals surface area contributed by atoms with Gasteiger partial charge >= 0.3 is 5.97 Å². The van der Waals surface area contributed by atoms with E-state index in [0.717, 1.165) is 17.7 Å². The molecule has 2 N–H and O–H groups in total. The van der Waals surface area contributed by atoms with Crippen molar-refractivity contribution in [2.75, 3.05) is 5.32 Å². The zero-order chi connectivity index (χ0) is 20.9. The summed E-state index contributed by atoms with van der Waals surface area (Å²) in [6, 6.07) is 5.32. The van der Waals surface area contributed by atoms with E-state index in [4.69, 9.17) is 23.2 Å². The van der Waals surface area contributed by atoms with Gasteiger partial charge in [0.1, 0.15) is 0 Å². The Kier molecular flexibility index (Phi) is 5.17. The molecule has 29 heavy (non-hydrogen) atoms. The van der Waals surface area contributed by atoms with Gasteiger partial charge in [-0.1, -0.05) is 41.4 Å². The topological polar surface area (TPSA) is 84.2 Å². The number of halogens is 2. The minimum atomic E-state index is -0.917. The number of carboxylic acid groups (broad SMARTS) is 1. The molecule has 1 heterocycles. The van der Waals surface area contributed by atoms with Gasteiger partial charge in [-0.2, -0.15) is 5.10 Å². The summed E-state index contributed by atoms with van der Waals surface area (Å²) in [7, 11) is 0. The van der Waals surface area contributed by atoms with Crippen molar-refractivity contribution in [1.29, 1.82) is 0 Å². The lowest BCUT2D eigenvalue weighted by molar-refractivity contribution is -0.146. The Hall–Kier alpha value is -2.31. The number of anilines is 1. The van der Waals surface area contributed by atoms with Gasteiger partial charge in [0.05, 0.1) is 35.5 Å². The number of aliphatic carboxylic acids is 1. The van der Waals surface area contributed by atoms with E-state index in [9.17, 15) is 14.7 Å². The third-order valence-corrected chi connectivity index (χ3v) is 6.75. The van der Waals surface area contributed by atoms with E-state index >= 15 is 0 Å². The number of aryl methyl sites for hydroxylation is 1. The summed E-state index contributed by atoms with van der Waals surface area (Å²) in [4.78, 5) is 24.7. The summed E-state index contributed by atoms with van der Waals surface area (Å²) in [5.74, 6) is -2.53. The molecule has 4 rings (SSSR count). The van der Waals surface area contributed by atoms with E-state index in [0.29, 0.717) is 28.0 Å². The molecule has 0 spiro atoms. The van der Waals surface area contributed by atoms with Crippen molar-refractivity contribution in [2.24, 2.45) is 23.7 Å². The molecule has 2 aromatic rings. The molecule has 1 fully saturated rings. The Morgan fingerprint density at radius 1 is 1.17 bits per heavy atom. The van der Waals surface area contributed by atoms with E-state index in [1.54, 1.807) is 22.9 Å². The van der Waals surface area contributed by atoms with Gasteiger partial charge in [-0.3, -0.25) is 14.3 Å². The van der Waals surface area contributed by atoms with Crippen LogP contribution >= 0.6 is 23.2 Å². The van der Waals surface area contributed by atoms with Crippen LogP contribution in [0.15, 0.2) is 30.4 Å². The SMILES string of the molecule is Cc1nn(Cc2c(Cl)cccc2Cl)c(C)c1NC(=O)[C@@H]1[C@@H](C(=O)O)[C@H]2C=C[C@@H]1C2. The van der Waals surface area contributed by atoms with E-state index in [1.807, 2.05) is 26.0 Å². The Morgan fingerprint density at radius 3 is 2.41 bits per heavy atom. The van der Waals surface area contributed by atoms with Crippen molar-refractivity contribution in [1.82, 2.24) is 9.78 Å². The van der Waals surface area contributed by atoms with Crippen LogP contribution in [-0.2, 0) is 16.1 Å². The van der Waals surface area contributed by atoms with Crippen LogP contribution < -0.4 is 5.32 Å². The number of amides is 1. The van der Waals surface area contributed by atoms with Crippen LogP contribution in [0.5, 0.6) is 0 Å². The largest absolute Gasteiger partial charge is 0.481 e. The number of fused-ring (bicyclic) bond motifs is 2. The number of rotatable bonds is 5. The highest BCUT2D eigenvalue weighted by molar-refractivity contribution is 6.36. The van der Waals surface area contributed by atoms with Crippen molar-refractivity contribution < 1.29 is 14.7 Å². The Bertz CT molecular complexity index is 1010. The Labute approximate surface area is 178 Å². The number of allylic oxidation sites excluding steroid dienone is 2. The molecule has 1 aromatic carbocycles. The second-order valence-electron chi connectivity index (χ2n) is 7.73. The molecular weight excluding hydrogens is 413 g/mol. The normalized spacial score (nSPS) is 24.8. The van der Waals surface area contributed by atoms with Gasteiger partial charge in [0, 0.05) is 15.6 Å². The Morgan fingerprint density at radius 2 is 1.79 bits per heavy atom. The summed E-state index contributed by atoms with van der Waals surface area (Å²) >= 11 is 12.5. The number of nitrogens with zero attached hydrogens (tertiary/aromatic N) is 2. The first-order valence-corrected chi connectivity index (χ1v) is 10.2. The van der Waals surface area contributed by atoms with Crippen molar-refractivity contribution in [2.45, 2.75) is 26.8 Å².